The maximum Gasteiger partial charge on any atom is 0.0875 e. The van der Waals surface area contributed by atoms with Crippen LogP contribution in [0.3, 0.4) is 0 Å². The highest BCUT2D eigenvalue weighted by atomic mass is 35.5. The van der Waals surface area contributed by atoms with Gasteiger partial charge in [0.25, 0.3) is 0 Å². The third kappa shape index (κ3) is 2.70. The van der Waals surface area contributed by atoms with Crippen molar-refractivity contribution in [1.82, 2.24) is 0 Å². The predicted molar refractivity (Wildman–Crippen MR) is 177 cm³/mol. The van der Waals surface area contributed by atoms with Gasteiger partial charge in [-0.3, -0.25) is 0 Å². The predicted octanol–water partition coefficient (Wildman–Crippen LogP) is 10.5. The summed E-state index contributed by atoms with van der Waals surface area (Å²) in [5.41, 5.74) is 18.1. The lowest BCUT2D eigenvalue weighted by atomic mass is 9.41. The Kier molecular flexibility index (Phi) is 4.48. The Bertz CT molecular complexity index is 1960. The average molecular weight is 620 g/mol. The van der Waals surface area contributed by atoms with E-state index >= 15 is 0 Å². The van der Waals surface area contributed by atoms with E-state index in [1.807, 2.05) is 0 Å². The van der Waals surface area contributed by atoms with Crippen molar-refractivity contribution in [3.05, 3.63) is 186 Å². The standard InChI is InChI=1S/C42H28Cl2O/c43-29-17-27-28(18-30(29)44)42-40-38-34-25-15-7-3-11-21(25)32(22-12-4-8-16-26(22)34)36(38)35-31-19-9-1-5-13-23(19)33(24-14-6-2-10-20(24)31)37(35)39(40)41(27)45-42/h1-18,31-34,37-42H. The number of rotatable bonds is 0. The molecule has 5 aromatic carbocycles. The molecule has 0 spiro atoms. The van der Waals surface area contributed by atoms with Crippen LogP contribution in [0.5, 0.6) is 0 Å². The molecule has 6 unspecified atom stereocenters. The Morgan fingerprint density at radius 2 is 0.711 bits per heavy atom. The molecule has 0 aromatic heterocycles. The van der Waals surface area contributed by atoms with Crippen molar-refractivity contribution < 1.29 is 4.74 Å². The highest BCUT2D eigenvalue weighted by Crippen LogP contribution is 2.77. The molecule has 45 heavy (non-hydrogen) atoms. The summed E-state index contributed by atoms with van der Waals surface area (Å²) in [7, 11) is 0. The minimum Gasteiger partial charge on any atom is -0.365 e. The number of halogens is 2. The van der Waals surface area contributed by atoms with E-state index in [0.29, 0.717) is 45.6 Å². The molecule has 2 aliphatic heterocycles. The summed E-state index contributed by atoms with van der Waals surface area (Å²) in [4.78, 5) is 0. The maximum atomic E-state index is 7.22. The number of hydrogen-bond donors (Lipinski definition) is 0. The summed E-state index contributed by atoms with van der Waals surface area (Å²) in [6.07, 6.45) is 0.0480. The Morgan fingerprint density at radius 3 is 1.04 bits per heavy atom. The van der Waals surface area contributed by atoms with E-state index in [0.717, 1.165) is 0 Å². The second-order valence-corrected chi connectivity index (χ2v) is 15.1. The summed E-state index contributed by atoms with van der Waals surface area (Å²) in [6.45, 7) is 0. The molecular weight excluding hydrogens is 591 g/mol. The smallest absolute Gasteiger partial charge is 0.0875 e. The molecule has 2 heterocycles. The van der Waals surface area contributed by atoms with E-state index in [9.17, 15) is 0 Å². The quantitative estimate of drug-likeness (QED) is 0.157. The minimum atomic E-state index is 0.0240. The Hall–Kier alpha value is -3.62. The lowest BCUT2D eigenvalue weighted by Crippen LogP contribution is -2.52. The summed E-state index contributed by atoms with van der Waals surface area (Å²) in [6, 6.07) is 41.6. The maximum absolute atomic E-state index is 7.22. The van der Waals surface area contributed by atoms with E-state index in [1.54, 1.807) is 11.1 Å². The van der Waals surface area contributed by atoms with Gasteiger partial charge in [0.05, 0.1) is 22.3 Å². The van der Waals surface area contributed by atoms with E-state index in [1.165, 1.54) is 55.6 Å². The number of ether oxygens (including phenoxy) is 1. The van der Waals surface area contributed by atoms with E-state index in [4.69, 9.17) is 27.9 Å². The molecule has 6 atom stereocenters. The fraction of sp³-hybridized carbons (Fsp3) is 0.238. The summed E-state index contributed by atoms with van der Waals surface area (Å²) in [5.74, 6) is 2.69. The average Bonchev–Trinajstić information content (AvgIpc) is 3.65. The van der Waals surface area contributed by atoms with Gasteiger partial charge in [-0.1, -0.05) is 131 Å². The Labute approximate surface area is 272 Å². The molecule has 216 valence electrons. The lowest BCUT2D eigenvalue weighted by molar-refractivity contribution is 0.0469. The van der Waals surface area contributed by atoms with Crippen LogP contribution in [0, 0.1) is 23.7 Å². The van der Waals surface area contributed by atoms with Crippen LogP contribution < -0.4 is 0 Å². The Balaban J connectivity index is 1.23. The summed E-state index contributed by atoms with van der Waals surface area (Å²) in [5, 5.41) is 1.27. The topological polar surface area (TPSA) is 9.23 Å². The molecule has 6 bridgehead atoms. The molecule has 1 saturated heterocycles. The first-order chi connectivity index (χ1) is 22.2. The van der Waals surface area contributed by atoms with Crippen molar-refractivity contribution in [1.29, 1.82) is 0 Å². The monoisotopic (exact) mass is 618 g/mol. The van der Waals surface area contributed by atoms with Gasteiger partial charge >= 0.3 is 0 Å². The van der Waals surface area contributed by atoms with Crippen molar-refractivity contribution in [2.45, 2.75) is 35.9 Å². The van der Waals surface area contributed by atoms with Crippen LogP contribution in [0.4, 0.5) is 0 Å². The fourth-order valence-corrected chi connectivity index (χ4v) is 12.2. The normalized spacial score (nSPS) is 34.3. The first-order valence-corrected chi connectivity index (χ1v) is 17.2. The van der Waals surface area contributed by atoms with Crippen LogP contribution in [0.1, 0.15) is 91.5 Å². The molecular formula is C42H28Cl2O. The zero-order chi connectivity index (χ0) is 29.3. The first-order valence-electron chi connectivity index (χ1n) is 16.4. The van der Waals surface area contributed by atoms with Crippen molar-refractivity contribution in [3.8, 4) is 0 Å². The molecule has 0 amide bonds. The molecule has 0 N–H and O–H groups in total. The van der Waals surface area contributed by atoms with Crippen LogP contribution in [-0.2, 0) is 4.74 Å². The van der Waals surface area contributed by atoms with Gasteiger partial charge in [-0.25, -0.2) is 0 Å². The largest absolute Gasteiger partial charge is 0.365 e. The highest BCUT2D eigenvalue weighted by Gasteiger charge is 2.68. The van der Waals surface area contributed by atoms with Gasteiger partial charge in [-0.15, -0.1) is 0 Å². The molecule has 3 heteroatoms. The second-order valence-electron chi connectivity index (χ2n) is 14.3. The van der Waals surface area contributed by atoms with Gasteiger partial charge in [0, 0.05) is 35.5 Å². The van der Waals surface area contributed by atoms with Gasteiger partial charge in [0.2, 0.25) is 0 Å². The van der Waals surface area contributed by atoms with Gasteiger partial charge in [0.1, 0.15) is 0 Å². The third-order valence-corrected chi connectivity index (χ3v) is 13.7. The van der Waals surface area contributed by atoms with Crippen molar-refractivity contribution in [2.75, 3.05) is 0 Å². The van der Waals surface area contributed by atoms with Gasteiger partial charge in [0.15, 0.2) is 0 Å². The molecule has 1 fully saturated rings. The van der Waals surface area contributed by atoms with Gasteiger partial charge in [-0.05, 0) is 79.6 Å². The van der Waals surface area contributed by atoms with E-state index in [2.05, 4.69) is 109 Å². The minimum absolute atomic E-state index is 0.0240. The molecule has 5 aromatic rings. The Morgan fingerprint density at radius 1 is 0.400 bits per heavy atom. The third-order valence-electron chi connectivity index (χ3n) is 13.0. The molecule has 7 aliphatic carbocycles. The van der Waals surface area contributed by atoms with Gasteiger partial charge < -0.3 is 4.74 Å². The van der Waals surface area contributed by atoms with Crippen molar-refractivity contribution in [2.24, 2.45) is 23.7 Å². The number of allylic oxidation sites excluding steroid dienone is 2. The van der Waals surface area contributed by atoms with Crippen LogP contribution in [-0.4, -0.2) is 0 Å². The second kappa shape index (κ2) is 8.20. The summed E-state index contributed by atoms with van der Waals surface area (Å²) >= 11 is 13.4. The van der Waals surface area contributed by atoms with Crippen LogP contribution in [0.15, 0.2) is 120 Å². The van der Waals surface area contributed by atoms with Crippen LogP contribution >= 0.6 is 23.2 Å². The van der Waals surface area contributed by atoms with Crippen LogP contribution in [0.2, 0.25) is 10.0 Å². The van der Waals surface area contributed by atoms with Crippen molar-refractivity contribution >= 4 is 23.2 Å². The lowest BCUT2D eigenvalue weighted by Gasteiger charge is -2.61. The van der Waals surface area contributed by atoms with Gasteiger partial charge in [-0.2, -0.15) is 0 Å². The molecule has 14 rings (SSSR count). The number of benzene rings is 5. The summed E-state index contributed by atoms with van der Waals surface area (Å²) < 4.78 is 7.22. The van der Waals surface area contributed by atoms with Crippen molar-refractivity contribution in [3.63, 3.8) is 0 Å². The zero-order valence-corrected chi connectivity index (χ0v) is 25.8. The first kappa shape index (κ1) is 24.6. The molecule has 1 nitrogen and oxygen atoms in total. The zero-order valence-electron chi connectivity index (χ0n) is 24.3. The molecule has 9 aliphatic rings. The fourth-order valence-electron chi connectivity index (χ4n) is 11.9. The van der Waals surface area contributed by atoms with E-state index in [-0.39, 0.29) is 24.0 Å². The van der Waals surface area contributed by atoms with E-state index < -0.39 is 0 Å². The molecule has 0 radical (unpaired) electrons. The molecule has 0 saturated carbocycles. The highest BCUT2D eigenvalue weighted by molar-refractivity contribution is 6.42. The SMILES string of the molecule is Clc1cc2c(cc1Cl)C1OC2C2C3C(=C4C5c6ccccc6C(c6ccccc65)C4C12)C1c2ccccc2C3c2ccccc21. The number of fused-ring (bicyclic) bond motifs is 8. The van der Waals surface area contributed by atoms with Crippen LogP contribution in [0.25, 0.3) is 0 Å². The number of hydrogen-bond acceptors (Lipinski definition) is 1.